The van der Waals surface area contributed by atoms with Crippen molar-refractivity contribution >= 4 is 11.9 Å². The molecule has 0 fully saturated rings. The second-order valence-electron chi connectivity index (χ2n) is 2.57. The summed E-state index contributed by atoms with van der Waals surface area (Å²) in [5.41, 5.74) is 0. The zero-order chi connectivity index (χ0) is 10.7. The van der Waals surface area contributed by atoms with E-state index in [4.69, 9.17) is 15.3 Å². The normalized spacial score (nSPS) is 14.6. The molecule has 2 atom stereocenters. The molecule has 76 valence electrons. The minimum absolute atomic E-state index is 0.0904. The van der Waals surface area contributed by atoms with Gasteiger partial charge >= 0.3 is 11.9 Å². The number of imidazole rings is 1. The third kappa shape index (κ3) is 1.88. The van der Waals surface area contributed by atoms with Gasteiger partial charge in [0.05, 0.1) is 0 Å². The summed E-state index contributed by atoms with van der Waals surface area (Å²) in [6.07, 6.45) is 0.610. The molecular weight excluding hydrogens is 192 g/mol. The van der Waals surface area contributed by atoms with Crippen LogP contribution in [0, 0.1) is 0 Å². The summed E-state index contributed by atoms with van der Waals surface area (Å²) in [6, 6.07) is 0. The molecule has 0 saturated carbocycles. The first-order chi connectivity index (χ1) is 6.54. The highest BCUT2D eigenvalue weighted by molar-refractivity contribution is 5.85. The standard InChI is InChI=1S/C7H8N2O5/c10-4(7(13)14)3(6(11)12)5-8-1-2-9-5/h1-4,10H,(H,8,9)(H,11,12)(H,13,14). The second-order valence-corrected chi connectivity index (χ2v) is 2.57. The third-order valence-electron chi connectivity index (χ3n) is 1.65. The number of carbonyl (C=O) groups is 2. The van der Waals surface area contributed by atoms with Crippen molar-refractivity contribution in [2.24, 2.45) is 0 Å². The highest BCUT2D eigenvalue weighted by atomic mass is 16.4. The second kappa shape index (κ2) is 3.88. The van der Waals surface area contributed by atoms with Gasteiger partial charge in [0.1, 0.15) is 5.82 Å². The molecular formula is C7H8N2O5. The van der Waals surface area contributed by atoms with Gasteiger partial charge in [-0.3, -0.25) is 4.79 Å². The minimum Gasteiger partial charge on any atom is -0.481 e. The molecule has 14 heavy (non-hydrogen) atoms. The summed E-state index contributed by atoms with van der Waals surface area (Å²) in [7, 11) is 0. The van der Waals surface area contributed by atoms with Crippen molar-refractivity contribution in [3.8, 4) is 0 Å². The Bertz CT molecular complexity index is 334. The van der Waals surface area contributed by atoms with Crippen LogP contribution in [0.2, 0.25) is 0 Å². The lowest BCUT2D eigenvalue weighted by atomic mass is 10.0. The molecule has 7 heteroatoms. The number of carboxylic acids is 2. The zero-order valence-corrected chi connectivity index (χ0v) is 6.91. The van der Waals surface area contributed by atoms with Crippen molar-refractivity contribution in [2.75, 3.05) is 0 Å². The highest BCUT2D eigenvalue weighted by Crippen LogP contribution is 2.16. The first-order valence-electron chi connectivity index (χ1n) is 3.67. The van der Waals surface area contributed by atoms with Gasteiger partial charge < -0.3 is 20.3 Å². The number of aromatic nitrogens is 2. The lowest BCUT2D eigenvalue weighted by molar-refractivity contribution is -0.155. The number of hydrogen-bond acceptors (Lipinski definition) is 4. The molecule has 0 amide bonds. The fraction of sp³-hybridized carbons (Fsp3) is 0.286. The molecule has 0 radical (unpaired) electrons. The van der Waals surface area contributed by atoms with Crippen LogP contribution < -0.4 is 0 Å². The van der Waals surface area contributed by atoms with E-state index in [1.165, 1.54) is 12.4 Å². The number of nitrogens with one attached hydrogen (secondary N) is 1. The van der Waals surface area contributed by atoms with Gasteiger partial charge in [-0.2, -0.15) is 0 Å². The SMILES string of the molecule is O=C(O)C(O)C(C(=O)O)c1ncc[nH]1. The number of aliphatic hydroxyl groups excluding tert-OH is 1. The van der Waals surface area contributed by atoms with Crippen LogP contribution >= 0.6 is 0 Å². The number of aliphatic hydroxyl groups is 1. The Morgan fingerprint density at radius 1 is 1.36 bits per heavy atom. The van der Waals surface area contributed by atoms with Gasteiger partial charge in [-0.15, -0.1) is 0 Å². The molecule has 0 aromatic carbocycles. The van der Waals surface area contributed by atoms with Gasteiger partial charge in [0.15, 0.2) is 12.0 Å². The van der Waals surface area contributed by atoms with Crippen LogP contribution in [0.1, 0.15) is 11.7 Å². The fourth-order valence-electron chi connectivity index (χ4n) is 0.992. The average molecular weight is 200 g/mol. The van der Waals surface area contributed by atoms with Gasteiger partial charge in [0.2, 0.25) is 0 Å². The molecule has 0 bridgehead atoms. The Kier molecular flexibility index (Phi) is 2.82. The Hall–Kier alpha value is -1.89. The average Bonchev–Trinajstić information content (AvgIpc) is 2.56. The third-order valence-corrected chi connectivity index (χ3v) is 1.65. The van der Waals surface area contributed by atoms with E-state index in [0.29, 0.717) is 0 Å². The molecule has 0 saturated heterocycles. The molecule has 1 aromatic rings. The summed E-state index contributed by atoms with van der Waals surface area (Å²) in [5, 5.41) is 26.2. The van der Waals surface area contributed by atoms with Gasteiger partial charge in [-0.1, -0.05) is 0 Å². The van der Waals surface area contributed by atoms with E-state index in [1.807, 2.05) is 0 Å². The van der Waals surface area contributed by atoms with Crippen LogP contribution in [0.25, 0.3) is 0 Å². The molecule has 1 heterocycles. The van der Waals surface area contributed by atoms with Crippen LogP contribution in [-0.4, -0.2) is 43.3 Å². The first-order valence-corrected chi connectivity index (χ1v) is 3.67. The Balaban J connectivity index is 2.97. The lowest BCUT2D eigenvalue weighted by Gasteiger charge is -2.12. The maximum atomic E-state index is 10.7. The van der Waals surface area contributed by atoms with Gasteiger partial charge in [-0.25, -0.2) is 9.78 Å². The summed E-state index contributed by atoms with van der Waals surface area (Å²) in [4.78, 5) is 27.1. The zero-order valence-electron chi connectivity index (χ0n) is 6.91. The molecule has 0 aliphatic rings. The van der Waals surface area contributed by atoms with Gasteiger partial charge in [-0.05, 0) is 0 Å². The number of aliphatic carboxylic acids is 2. The molecule has 7 nitrogen and oxygen atoms in total. The summed E-state index contributed by atoms with van der Waals surface area (Å²) >= 11 is 0. The van der Waals surface area contributed by atoms with Crippen molar-refractivity contribution in [3.63, 3.8) is 0 Å². The van der Waals surface area contributed by atoms with E-state index in [2.05, 4.69) is 9.97 Å². The van der Waals surface area contributed by atoms with Gasteiger partial charge in [0.25, 0.3) is 0 Å². The number of hydrogen-bond donors (Lipinski definition) is 4. The number of H-pyrrole nitrogens is 1. The number of aromatic amines is 1. The van der Waals surface area contributed by atoms with Gasteiger partial charge in [0, 0.05) is 12.4 Å². The predicted molar refractivity (Wildman–Crippen MR) is 42.6 cm³/mol. The van der Waals surface area contributed by atoms with E-state index in [-0.39, 0.29) is 5.82 Å². The van der Waals surface area contributed by atoms with Crippen LogP contribution in [0.15, 0.2) is 12.4 Å². The summed E-state index contributed by atoms with van der Waals surface area (Å²) < 4.78 is 0. The van der Waals surface area contributed by atoms with E-state index in [0.717, 1.165) is 0 Å². The monoisotopic (exact) mass is 200 g/mol. The van der Waals surface area contributed by atoms with Crippen LogP contribution in [0.3, 0.4) is 0 Å². The molecule has 0 aliphatic carbocycles. The summed E-state index contributed by atoms with van der Waals surface area (Å²) in [6.45, 7) is 0. The topological polar surface area (TPSA) is 124 Å². The van der Waals surface area contributed by atoms with Crippen molar-refractivity contribution in [1.29, 1.82) is 0 Å². The first kappa shape index (κ1) is 10.2. The van der Waals surface area contributed by atoms with Crippen molar-refractivity contribution in [3.05, 3.63) is 18.2 Å². The molecule has 0 spiro atoms. The lowest BCUT2D eigenvalue weighted by Crippen LogP contribution is -2.33. The molecule has 1 aromatic heterocycles. The van der Waals surface area contributed by atoms with Crippen molar-refractivity contribution < 1.29 is 24.9 Å². The molecule has 4 N–H and O–H groups in total. The number of rotatable bonds is 4. The highest BCUT2D eigenvalue weighted by Gasteiger charge is 2.35. The van der Waals surface area contributed by atoms with Crippen molar-refractivity contribution in [2.45, 2.75) is 12.0 Å². The van der Waals surface area contributed by atoms with E-state index >= 15 is 0 Å². The van der Waals surface area contributed by atoms with E-state index in [9.17, 15) is 9.59 Å². The Morgan fingerprint density at radius 2 is 2.00 bits per heavy atom. The minimum atomic E-state index is -2.02. The van der Waals surface area contributed by atoms with Crippen LogP contribution in [-0.2, 0) is 9.59 Å². The number of carboxylic acid groups (broad SMARTS) is 2. The maximum Gasteiger partial charge on any atom is 0.333 e. The quantitative estimate of drug-likeness (QED) is 0.495. The molecule has 1 rings (SSSR count). The summed E-state index contributed by atoms with van der Waals surface area (Å²) in [5.74, 6) is -4.72. The van der Waals surface area contributed by atoms with Crippen LogP contribution in [0.5, 0.6) is 0 Å². The largest absolute Gasteiger partial charge is 0.481 e. The molecule has 0 aliphatic heterocycles. The van der Waals surface area contributed by atoms with E-state index in [1.54, 1.807) is 0 Å². The number of nitrogens with zero attached hydrogens (tertiary/aromatic N) is 1. The molecule has 2 unspecified atom stereocenters. The van der Waals surface area contributed by atoms with E-state index < -0.39 is 24.0 Å². The maximum absolute atomic E-state index is 10.7. The Morgan fingerprint density at radius 3 is 2.36 bits per heavy atom. The Labute approximate surface area is 78.0 Å². The fourth-order valence-corrected chi connectivity index (χ4v) is 0.992. The van der Waals surface area contributed by atoms with Crippen molar-refractivity contribution in [1.82, 2.24) is 9.97 Å². The smallest absolute Gasteiger partial charge is 0.333 e. The predicted octanol–water partition coefficient (Wildman–Crippen LogP) is -0.977. The van der Waals surface area contributed by atoms with Crippen LogP contribution in [0.4, 0.5) is 0 Å².